The number of hydrogen-bond acceptors (Lipinski definition) is 5. The number of nitrogens with one attached hydrogen (secondary N) is 2. The van der Waals surface area contributed by atoms with Gasteiger partial charge in [-0.25, -0.2) is 4.39 Å². The Kier molecular flexibility index (Phi) is 6.65. The zero-order valence-corrected chi connectivity index (χ0v) is 16.5. The molecule has 2 aromatic carbocycles. The van der Waals surface area contributed by atoms with E-state index in [9.17, 15) is 13.2 Å². The Morgan fingerprint density at radius 1 is 1.21 bits per heavy atom. The maximum atomic E-state index is 13.8. The predicted molar refractivity (Wildman–Crippen MR) is 104 cm³/mol. The first-order valence-electron chi connectivity index (χ1n) is 8.35. The quantitative estimate of drug-likeness (QED) is 0.537. The molecule has 0 amide bonds. The minimum Gasteiger partial charge on any atom is -0.435 e. The third kappa shape index (κ3) is 5.54. The van der Waals surface area contributed by atoms with Crippen LogP contribution in [-0.4, -0.2) is 23.4 Å². The van der Waals surface area contributed by atoms with Crippen molar-refractivity contribution >= 4 is 34.4 Å². The monoisotopic (exact) mass is 427 g/mol. The highest BCUT2D eigenvalue weighted by Crippen LogP contribution is 2.22. The first kappa shape index (κ1) is 20.3. The molecule has 0 spiro atoms. The van der Waals surface area contributed by atoms with Gasteiger partial charge in [0.25, 0.3) is 0 Å². The second-order valence-electron chi connectivity index (χ2n) is 6.09. The fourth-order valence-corrected chi connectivity index (χ4v) is 3.60. The Bertz CT molecular complexity index is 975. The Morgan fingerprint density at radius 2 is 1.93 bits per heavy atom. The lowest BCUT2D eigenvalue weighted by Crippen LogP contribution is -3.07. The third-order valence-electron chi connectivity index (χ3n) is 3.80. The molecule has 28 heavy (non-hydrogen) atoms. The number of anilines is 2. The van der Waals surface area contributed by atoms with Gasteiger partial charge in [-0.1, -0.05) is 23.5 Å². The summed E-state index contributed by atoms with van der Waals surface area (Å²) < 4.78 is 44.8. The Balaban J connectivity index is 1.61. The fraction of sp³-hybridized carbons (Fsp3) is 0.222. The molecule has 1 atom stereocenters. The molecule has 0 saturated heterocycles. The van der Waals surface area contributed by atoms with Crippen molar-refractivity contribution in [2.24, 2.45) is 0 Å². The minimum atomic E-state index is -2.84. The van der Waals surface area contributed by atoms with E-state index in [-0.39, 0.29) is 11.6 Å². The predicted octanol–water partition coefficient (Wildman–Crippen LogP) is 3.83. The normalized spacial score (nSPS) is 12.2. The number of ether oxygens (including phenoxy) is 1. The van der Waals surface area contributed by atoms with Crippen molar-refractivity contribution in [2.45, 2.75) is 19.8 Å². The summed E-state index contributed by atoms with van der Waals surface area (Å²) in [4.78, 5) is 1.08. The summed E-state index contributed by atoms with van der Waals surface area (Å²) in [5, 5.41) is 7.85. The van der Waals surface area contributed by atoms with Gasteiger partial charge >= 0.3 is 6.61 Å². The molecule has 0 fully saturated rings. The lowest BCUT2D eigenvalue weighted by Gasteiger charge is -2.14. The first-order chi connectivity index (χ1) is 13.4. The van der Waals surface area contributed by atoms with Gasteiger partial charge in [0.2, 0.25) is 5.13 Å². The van der Waals surface area contributed by atoms with Crippen molar-refractivity contribution in [1.29, 1.82) is 0 Å². The van der Waals surface area contributed by atoms with Crippen molar-refractivity contribution in [2.75, 3.05) is 12.4 Å². The highest BCUT2D eigenvalue weighted by molar-refractivity contribution is 7.73. The molecule has 0 aliphatic heterocycles. The third-order valence-corrected chi connectivity index (χ3v) is 5.02. The van der Waals surface area contributed by atoms with E-state index in [2.05, 4.69) is 15.2 Å². The molecule has 5 nitrogen and oxygen atoms in total. The molecular weight excluding hydrogens is 409 g/mol. The van der Waals surface area contributed by atoms with Gasteiger partial charge in [-0.15, -0.1) is 5.10 Å². The van der Waals surface area contributed by atoms with Crippen molar-refractivity contribution in [3.05, 3.63) is 63.9 Å². The fourth-order valence-electron chi connectivity index (χ4n) is 2.58. The largest absolute Gasteiger partial charge is 0.435 e. The van der Waals surface area contributed by atoms with E-state index in [1.165, 1.54) is 29.5 Å². The van der Waals surface area contributed by atoms with Crippen molar-refractivity contribution in [3.8, 4) is 5.75 Å². The van der Waals surface area contributed by atoms with E-state index in [1.807, 2.05) is 7.05 Å². The van der Waals surface area contributed by atoms with E-state index < -0.39 is 6.61 Å². The number of quaternary nitrogens is 1. The summed E-state index contributed by atoms with van der Waals surface area (Å²) in [6, 6.07) is 12.9. The van der Waals surface area contributed by atoms with Gasteiger partial charge in [-0.2, -0.15) is 13.5 Å². The van der Waals surface area contributed by atoms with Crippen LogP contribution in [0.4, 0.5) is 24.0 Å². The molecule has 3 rings (SSSR count). The van der Waals surface area contributed by atoms with Crippen molar-refractivity contribution in [1.82, 2.24) is 9.78 Å². The Labute approximate surface area is 169 Å². The number of aromatic nitrogens is 2. The molecule has 2 N–H and O–H groups in total. The van der Waals surface area contributed by atoms with Crippen LogP contribution < -0.4 is 15.0 Å². The van der Waals surface area contributed by atoms with E-state index in [1.54, 1.807) is 35.0 Å². The highest BCUT2D eigenvalue weighted by Gasteiger charge is 2.11. The molecular formula is C18H18F3N4OS2+. The molecule has 0 radical (unpaired) electrons. The van der Waals surface area contributed by atoms with Crippen LogP contribution >= 0.6 is 23.6 Å². The Morgan fingerprint density at radius 3 is 2.61 bits per heavy atom. The van der Waals surface area contributed by atoms with Crippen LogP contribution in [-0.2, 0) is 13.2 Å². The molecule has 3 aromatic rings. The van der Waals surface area contributed by atoms with Crippen LogP contribution in [0, 0.1) is 9.77 Å². The lowest BCUT2D eigenvalue weighted by molar-refractivity contribution is -0.917. The standard InChI is InChI=1S/C18H17F3N4OS2/c1-24(10-12-6-8-13(9-7-12)26-16(20)21)11-25-18(27)28-17(23-25)22-15-5-3-2-4-14(15)19/h2-9,16H,10-11H2,1H3,(H,22,23)/p+1. The maximum Gasteiger partial charge on any atom is 0.387 e. The summed E-state index contributed by atoms with van der Waals surface area (Å²) in [5.41, 5.74) is 1.30. The van der Waals surface area contributed by atoms with Crippen LogP contribution in [0.15, 0.2) is 48.5 Å². The average Bonchev–Trinajstić information content (AvgIpc) is 2.97. The van der Waals surface area contributed by atoms with E-state index in [0.717, 1.165) is 10.5 Å². The van der Waals surface area contributed by atoms with Gasteiger partial charge in [-0.05, 0) is 48.6 Å². The summed E-state index contributed by atoms with van der Waals surface area (Å²) in [5.74, 6) is -0.237. The summed E-state index contributed by atoms with van der Waals surface area (Å²) >= 11 is 6.61. The summed E-state index contributed by atoms with van der Waals surface area (Å²) in [6.45, 7) is -1.69. The van der Waals surface area contributed by atoms with Gasteiger partial charge in [-0.3, -0.25) is 0 Å². The van der Waals surface area contributed by atoms with Gasteiger partial charge < -0.3 is 15.0 Å². The number of halogens is 3. The SMILES string of the molecule is C[NH+](Cc1ccc(OC(F)F)cc1)Cn1nc(Nc2ccccc2F)sc1=S. The molecule has 1 aromatic heterocycles. The summed E-state index contributed by atoms with van der Waals surface area (Å²) in [7, 11) is 1.97. The van der Waals surface area contributed by atoms with Gasteiger partial charge in [0.05, 0.1) is 12.7 Å². The van der Waals surface area contributed by atoms with E-state index in [0.29, 0.717) is 28.0 Å². The van der Waals surface area contributed by atoms with Crippen LogP contribution in [0.1, 0.15) is 5.56 Å². The van der Waals surface area contributed by atoms with Crippen LogP contribution in [0.2, 0.25) is 0 Å². The van der Waals surface area contributed by atoms with Crippen LogP contribution in [0.25, 0.3) is 0 Å². The number of hydrogen-bond donors (Lipinski definition) is 2. The minimum absolute atomic E-state index is 0.127. The smallest absolute Gasteiger partial charge is 0.387 e. The zero-order chi connectivity index (χ0) is 20.1. The first-order valence-corrected chi connectivity index (χ1v) is 9.58. The molecule has 0 bridgehead atoms. The molecule has 0 aliphatic carbocycles. The number of rotatable bonds is 8. The molecule has 1 unspecified atom stereocenters. The van der Waals surface area contributed by atoms with Gasteiger partial charge in [0.1, 0.15) is 18.1 Å². The van der Waals surface area contributed by atoms with Crippen molar-refractivity contribution in [3.63, 3.8) is 0 Å². The van der Waals surface area contributed by atoms with Gasteiger partial charge in [0.15, 0.2) is 10.6 Å². The second-order valence-corrected chi connectivity index (χ2v) is 7.71. The summed E-state index contributed by atoms with van der Waals surface area (Å²) in [6.07, 6.45) is 0. The van der Waals surface area contributed by atoms with Crippen LogP contribution in [0.5, 0.6) is 5.75 Å². The number of benzene rings is 2. The van der Waals surface area contributed by atoms with Crippen molar-refractivity contribution < 1.29 is 22.8 Å². The number of para-hydroxylation sites is 1. The Hall–Kier alpha value is -2.43. The molecule has 0 saturated carbocycles. The molecule has 1 heterocycles. The lowest BCUT2D eigenvalue weighted by atomic mass is 10.2. The van der Waals surface area contributed by atoms with E-state index in [4.69, 9.17) is 12.2 Å². The average molecular weight is 427 g/mol. The zero-order valence-electron chi connectivity index (χ0n) is 14.9. The molecule has 0 aliphatic rings. The second kappa shape index (κ2) is 9.18. The van der Waals surface area contributed by atoms with Crippen LogP contribution in [0.3, 0.4) is 0 Å². The molecule has 148 valence electrons. The molecule has 10 heteroatoms. The van der Waals surface area contributed by atoms with E-state index >= 15 is 0 Å². The van der Waals surface area contributed by atoms with Gasteiger partial charge in [0, 0.05) is 5.56 Å². The maximum absolute atomic E-state index is 13.8. The number of alkyl halides is 2. The topological polar surface area (TPSA) is 43.5 Å². The number of nitrogens with zero attached hydrogens (tertiary/aromatic N) is 2. The highest BCUT2D eigenvalue weighted by atomic mass is 32.1.